The van der Waals surface area contributed by atoms with Crippen molar-refractivity contribution in [3.8, 4) is 0 Å². The average Bonchev–Trinajstić information content (AvgIpc) is 2.73. The van der Waals surface area contributed by atoms with Crippen LogP contribution in [-0.4, -0.2) is 55.1 Å². The minimum absolute atomic E-state index is 0.0941. The van der Waals surface area contributed by atoms with Crippen LogP contribution in [0.3, 0.4) is 0 Å². The molecule has 0 radical (unpaired) electrons. The van der Waals surface area contributed by atoms with Crippen LogP contribution < -0.4 is 0 Å². The minimum Gasteiger partial charge on any atom is -0.478 e. The number of nitrogens with zero attached hydrogens (tertiary/aromatic N) is 2. The van der Waals surface area contributed by atoms with Crippen molar-refractivity contribution in [1.29, 1.82) is 0 Å². The van der Waals surface area contributed by atoms with Gasteiger partial charge >= 0.3 is 5.97 Å². The van der Waals surface area contributed by atoms with Gasteiger partial charge in [0.15, 0.2) is 0 Å². The van der Waals surface area contributed by atoms with E-state index in [9.17, 15) is 18.3 Å². The molecule has 7 nitrogen and oxygen atoms in total. The molecule has 2 heterocycles. The number of benzene rings is 1. The zero-order valence-electron chi connectivity index (χ0n) is 15.6. The average molecular weight is 404 g/mol. The van der Waals surface area contributed by atoms with Gasteiger partial charge in [0.05, 0.1) is 29.2 Å². The highest BCUT2D eigenvalue weighted by atomic mass is 32.2. The summed E-state index contributed by atoms with van der Waals surface area (Å²) in [5, 5.41) is 10.1. The molecule has 1 aromatic carbocycles. The van der Waals surface area contributed by atoms with Crippen molar-refractivity contribution in [3.63, 3.8) is 0 Å². The molecule has 0 atom stereocenters. The summed E-state index contributed by atoms with van der Waals surface area (Å²) in [5.41, 5.74) is 1.44. The molecule has 4 rings (SSSR count). The monoisotopic (exact) mass is 404 g/mol. The van der Waals surface area contributed by atoms with Gasteiger partial charge in [-0.2, -0.15) is 4.31 Å². The van der Waals surface area contributed by atoms with Crippen molar-refractivity contribution in [3.05, 3.63) is 35.5 Å². The van der Waals surface area contributed by atoms with E-state index in [1.54, 1.807) is 12.1 Å². The standard InChI is InChI=1S/C20H24N2O5S/c23-20(24)17-13-19(14-4-2-1-3-5-14)21-18-7-6-15(12-16(17)18)28(25,26)22-8-10-27-11-9-22/h6-7,12-14H,1-5,8-11H2,(H,23,24). The fraction of sp³-hybridized carbons (Fsp3) is 0.500. The Morgan fingerprint density at radius 3 is 2.50 bits per heavy atom. The number of carboxylic acids is 1. The number of aromatic nitrogens is 1. The van der Waals surface area contributed by atoms with Gasteiger partial charge in [0, 0.05) is 30.1 Å². The largest absolute Gasteiger partial charge is 0.478 e. The number of hydrogen-bond acceptors (Lipinski definition) is 5. The van der Waals surface area contributed by atoms with Gasteiger partial charge in [-0.05, 0) is 37.1 Å². The third kappa shape index (κ3) is 3.64. The van der Waals surface area contributed by atoms with E-state index in [0.29, 0.717) is 37.2 Å². The minimum atomic E-state index is -3.69. The Kier molecular flexibility index (Phi) is 5.35. The van der Waals surface area contributed by atoms with Crippen LogP contribution in [0.15, 0.2) is 29.2 Å². The summed E-state index contributed by atoms with van der Waals surface area (Å²) >= 11 is 0. The third-order valence-corrected chi connectivity index (χ3v) is 7.56. The lowest BCUT2D eigenvalue weighted by Crippen LogP contribution is -2.40. The molecule has 2 aromatic rings. The summed E-state index contributed by atoms with van der Waals surface area (Å²) in [6.07, 6.45) is 5.49. The van der Waals surface area contributed by atoms with E-state index in [-0.39, 0.29) is 16.4 Å². The van der Waals surface area contributed by atoms with Crippen molar-refractivity contribution < 1.29 is 23.1 Å². The number of rotatable bonds is 4. The van der Waals surface area contributed by atoms with E-state index in [1.807, 2.05) is 0 Å². The maximum absolute atomic E-state index is 12.9. The van der Waals surface area contributed by atoms with Crippen molar-refractivity contribution >= 4 is 26.9 Å². The molecule has 28 heavy (non-hydrogen) atoms. The summed E-state index contributed by atoms with van der Waals surface area (Å²) in [5.74, 6) is -0.793. The molecule has 2 aliphatic rings. The number of aromatic carboxylic acids is 1. The van der Waals surface area contributed by atoms with Crippen LogP contribution in [0, 0.1) is 0 Å². The van der Waals surface area contributed by atoms with E-state index in [4.69, 9.17) is 4.74 Å². The van der Waals surface area contributed by atoms with Crippen LogP contribution in [0.2, 0.25) is 0 Å². The van der Waals surface area contributed by atoms with Crippen LogP contribution >= 0.6 is 0 Å². The molecular weight excluding hydrogens is 380 g/mol. The van der Waals surface area contributed by atoms with Gasteiger partial charge in [-0.3, -0.25) is 4.98 Å². The molecule has 1 aliphatic carbocycles. The van der Waals surface area contributed by atoms with Crippen LogP contribution in [-0.2, 0) is 14.8 Å². The first-order chi connectivity index (χ1) is 13.5. The second-order valence-corrected chi connectivity index (χ2v) is 9.37. The Bertz CT molecular complexity index is 993. The smallest absolute Gasteiger partial charge is 0.336 e. The maximum Gasteiger partial charge on any atom is 0.336 e. The molecule has 1 saturated carbocycles. The molecule has 1 aliphatic heterocycles. The third-order valence-electron chi connectivity index (χ3n) is 5.66. The maximum atomic E-state index is 12.9. The molecule has 2 fully saturated rings. The van der Waals surface area contributed by atoms with E-state index in [2.05, 4.69) is 4.98 Å². The van der Waals surface area contributed by atoms with Crippen LogP contribution in [0.1, 0.15) is 54.1 Å². The molecular formula is C20H24N2O5S. The number of pyridine rings is 1. The second-order valence-electron chi connectivity index (χ2n) is 7.43. The number of sulfonamides is 1. The van der Waals surface area contributed by atoms with Crippen LogP contribution in [0.4, 0.5) is 0 Å². The van der Waals surface area contributed by atoms with Gasteiger partial charge in [-0.15, -0.1) is 0 Å². The van der Waals surface area contributed by atoms with Crippen molar-refractivity contribution in [1.82, 2.24) is 9.29 Å². The zero-order chi connectivity index (χ0) is 19.7. The molecule has 1 N–H and O–H groups in total. The Morgan fingerprint density at radius 2 is 1.82 bits per heavy atom. The van der Waals surface area contributed by atoms with Crippen molar-refractivity contribution in [2.24, 2.45) is 0 Å². The number of ether oxygens (including phenoxy) is 1. The van der Waals surface area contributed by atoms with Gasteiger partial charge in [0.1, 0.15) is 0 Å². The number of hydrogen-bond donors (Lipinski definition) is 1. The highest BCUT2D eigenvalue weighted by Crippen LogP contribution is 2.34. The number of carboxylic acid groups (broad SMARTS) is 1. The Hall–Kier alpha value is -2.03. The Morgan fingerprint density at radius 1 is 1.11 bits per heavy atom. The SMILES string of the molecule is O=C(O)c1cc(C2CCCCC2)nc2ccc(S(=O)(=O)N3CCOCC3)cc12. The van der Waals surface area contributed by atoms with Crippen molar-refractivity contribution in [2.45, 2.75) is 42.9 Å². The summed E-state index contributed by atoms with van der Waals surface area (Å²) in [6, 6.07) is 6.23. The van der Waals surface area contributed by atoms with Gasteiger partial charge in [0.25, 0.3) is 0 Å². The van der Waals surface area contributed by atoms with E-state index >= 15 is 0 Å². The number of carbonyl (C=O) groups is 1. The van der Waals surface area contributed by atoms with E-state index in [0.717, 1.165) is 31.4 Å². The predicted molar refractivity (Wildman–Crippen MR) is 104 cm³/mol. The molecule has 0 amide bonds. The summed E-state index contributed by atoms with van der Waals surface area (Å²) in [4.78, 5) is 16.7. The Labute approximate surface area is 164 Å². The van der Waals surface area contributed by atoms with Gasteiger partial charge in [-0.25, -0.2) is 13.2 Å². The molecule has 0 bridgehead atoms. The van der Waals surface area contributed by atoms with Gasteiger partial charge < -0.3 is 9.84 Å². The molecule has 8 heteroatoms. The highest BCUT2D eigenvalue weighted by Gasteiger charge is 2.27. The molecule has 150 valence electrons. The molecule has 0 unspecified atom stereocenters. The summed E-state index contributed by atoms with van der Waals surface area (Å²) < 4.78 is 32.5. The fourth-order valence-corrected chi connectivity index (χ4v) is 5.54. The van der Waals surface area contributed by atoms with Crippen LogP contribution in [0.5, 0.6) is 0 Å². The fourth-order valence-electron chi connectivity index (χ4n) is 4.11. The number of morpholine rings is 1. The lowest BCUT2D eigenvalue weighted by molar-refractivity contribution is 0.0698. The molecule has 1 aromatic heterocycles. The van der Waals surface area contributed by atoms with Gasteiger partial charge in [0.2, 0.25) is 10.0 Å². The highest BCUT2D eigenvalue weighted by molar-refractivity contribution is 7.89. The lowest BCUT2D eigenvalue weighted by atomic mass is 9.86. The Balaban J connectivity index is 1.78. The zero-order valence-corrected chi connectivity index (χ0v) is 16.5. The first-order valence-corrected chi connectivity index (χ1v) is 11.2. The van der Waals surface area contributed by atoms with Crippen molar-refractivity contribution in [2.75, 3.05) is 26.3 Å². The quantitative estimate of drug-likeness (QED) is 0.841. The lowest BCUT2D eigenvalue weighted by Gasteiger charge is -2.26. The second kappa shape index (κ2) is 7.77. The molecule has 0 spiro atoms. The topological polar surface area (TPSA) is 96.8 Å². The first-order valence-electron chi connectivity index (χ1n) is 9.73. The van der Waals surface area contributed by atoms with E-state index in [1.165, 1.54) is 22.9 Å². The normalized spacial score (nSPS) is 19.7. The van der Waals surface area contributed by atoms with Gasteiger partial charge in [-0.1, -0.05) is 19.3 Å². The predicted octanol–water partition coefficient (Wildman–Crippen LogP) is 3.00. The molecule has 1 saturated heterocycles. The summed E-state index contributed by atoms with van der Waals surface area (Å²) in [7, 11) is -3.69. The number of fused-ring (bicyclic) bond motifs is 1. The van der Waals surface area contributed by atoms with E-state index < -0.39 is 16.0 Å². The van der Waals surface area contributed by atoms with Crippen LogP contribution in [0.25, 0.3) is 10.9 Å². The summed E-state index contributed by atoms with van der Waals surface area (Å²) in [6.45, 7) is 1.31. The first kappa shape index (κ1) is 19.3.